The first-order chi connectivity index (χ1) is 13.6. The van der Waals surface area contributed by atoms with Gasteiger partial charge >= 0.3 is 0 Å². The molecular formula is C23H22N2O2S. The van der Waals surface area contributed by atoms with E-state index in [-0.39, 0.29) is 5.91 Å². The Labute approximate surface area is 167 Å². The Morgan fingerprint density at radius 2 is 1.89 bits per heavy atom. The summed E-state index contributed by atoms with van der Waals surface area (Å²) in [5, 5.41) is 1.97. The lowest BCUT2D eigenvalue weighted by atomic mass is 10.0. The Morgan fingerprint density at radius 1 is 1.11 bits per heavy atom. The predicted molar refractivity (Wildman–Crippen MR) is 115 cm³/mol. The molecule has 0 aliphatic rings. The van der Waals surface area contributed by atoms with Crippen molar-refractivity contribution in [3.8, 4) is 0 Å². The van der Waals surface area contributed by atoms with Gasteiger partial charge in [0.05, 0.1) is 16.8 Å². The molecule has 1 amide bonds. The summed E-state index contributed by atoms with van der Waals surface area (Å²) in [6.07, 6.45) is 0. The molecule has 0 atom stereocenters. The molecule has 0 spiro atoms. The predicted octanol–water partition coefficient (Wildman–Crippen LogP) is 4.86. The lowest BCUT2D eigenvalue weighted by Gasteiger charge is -2.07. The molecule has 1 aromatic heterocycles. The molecule has 4 aromatic rings. The highest BCUT2D eigenvalue weighted by Gasteiger charge is 2.13. The normalized spacial score (nSPS) is 12.2. The molecule has 0 unspecified atom stereocenters. The van der Waals surface area contributed by atoms with Gasteiger partial charge in [0, 0.05) is 19.2 Å². The van der Waals surface area contributed by atoms with Gasteiger partial charge in [-0.05, 0) is 47.9 Å². The molecule has 28 heavy (non-hydrogen) atoms. The number of carbonyl (C=O) groups is 1. The van der Waals surface area contributed by atoms with Crippen molar-refractivity contribution in [1.82, 2.24) is 4.57 Å². The van der Waals surface area contributed by atoms with E-state index in [1.807, 2.05) is 42.5 Å². The van der Waals surface area contributed by atoms with Crippen molar-refractivity contribution in [3.63, 3.8) is 0 Å². The molecule has 0 bridgehead atoms. The van der Waals surface area contributed by atoms with E-state index in [0.717, 1.165) is 21.0 Å². The Balaban J connectivity index is 1.91. The van der Waals surface area contributed by atoms with Crippen molar-refractivity contribution in [2.24, 2.45) is 4.99 Å². The van der Waals surface area contributed by atoms with E-state index in [0.29, 0.717) is 23.5 Å². The lowest BCUT2D eigenvalue weighted by Crippen LogP contribution is -2.19. The summed E-state index contributed by atoms with van der Waals surface area (Å²) in [7, 11) is 1.68. The molecule has 142 valence electrons. The molecule has 4 nitrogen and oxygen atoms in total. The Bertz CT molecular complexity index is 1250. The number of aryl methyl sites for hydroxylation is 2. The van der Waals surface area contributed by atoms with Gasteiger partial charge in [-0.15, -0.1) is 0 Å². The Hall–Kier alpha value is -2.76. The second-order valence-electron chi connectivity index (χ2n) is 6.90. The van der Waals surface area contributed by atoms with Crippen LogP contribution in [-0.4, -0.2) is 24.2 Å². The number of rotatable bonds is 4. The van der Waals surface area contributed by atoms with Crippen LogP contribution in [0.3, 0.4) is 0 Å². The van der Waals surface area contributed by atoms with Crippen LogP contribution in [0.1, 0.15) is 21.5 Å². The second-order valence-corrected chi connectivity index (χ2v) is 7.91. The van der Waals surface area contributed by atoms with E-state index in [1.165, 1.54) is 11.1 Å². The van der Waals surface area contributed by atoms with Crippen LogP contribution in [0.2, 0.25) is 0 Å². The summed E-state index contributed by atoms with van der Waals surface area (Å²) < 4.78 is 8.52. The number of methoxy groups -OCH3 is 1. The van der Waals surface area contributed by atoms with Crippen LogP contribution >= 0.6 is 11.3 Å². The number of benzene rings is 3. The van der Waals surface area contributed by atoms with E-state index in [2.05, 4.69) is 35.5 Å². The van der Waals surface area contributed by atoms with Gasteiger partial charge in [0.25, 0.3) is 5.91 Å². The molecule has 5 heteroatoms. The topological polar surface area (TPSA) is 43.6 Å². The van der Waals surface area contributed by atoms with E-state index >= 15 is 0 Å². The molecule has 0 saturated heterocycles. The number of ether oxygens (including phenoxy) is 1. The molecule has 0 aliphatic heterocycles. The number of fused-ring (bicyclic) bond motifs is 2. The minimum atomic E-state index is -0.219. The van der Waals surface area contributed by atoms with Gasteiger partial charge in [-0.3, -0.25) is 4.79 Å². The molecule has 0 N–H and O–H groups in total. The van der Waals surface area contributed by atoms with Crippen LogP contribution < -0.4 is 4.80 Å². The maximum absolute atomic E-state index is 13.1. The van der Waals surface area contributed by atoms with Crippen molar-refractivity contribution in [3.05, 3.63) is 76.1 Å². The summed E-state index contributed by atoms with van der Waals surface area (Å²) in [5.41, 5.74) is 4.14. The van der Waals surface area contributed by atoms with Gasteiger partial charge in [0.15, 0.2) is 4.80 Å². The quantitative estimate of drug-likeness (QED) is 0.499. The number of hydrogen-bond acceptors (Lipinski definition) is 3. The van der Waals surface area contributed by atoms with Crippen LogP contribution in [0.15, 0.2) is 59.6 Å². The number of amides is 1. The third kappa shape index (κ3) is 3.39. The smallest absolute Gasteiger partial charge is 0.280 e. The summed E-state index contributed by atoms with van der Waals surface area (Å²) in [4.78, 5) is 18.3. The summed E-state index contributed by atoms with van der Waals surface area (Å²) >= 11 is 1.55. The average Bonchev–Trinajstić information content (AvgIpc) is 3.02. The van der Waals surface area contributed by atoms with Crippen LogP contribution in [-0.2, 0) is 11.3 Å². The minimum Gasteiger partial charge on any atom is -0.383 e. The van der Waals surface area contributed by atoms with Gasteiger partial charge in [-0.2, -0.15) is 4.99 Å². The maximum Gasteiger partial charge on any atom is 0.280 e. The number of thiazole rings is 1. The highest BCUT2D eigenvalue weighted by Crippen LogP contribution is 2.24. The van der Waals surface area contributed by atoms with Crippen molar-refractivity contribution in [1.29, 1.82) is 0 Å². The fourth-order valence-corrected chi connectivity index (χ4v) is 4.86. The number of hydrogen-bond donors (Lipinski definition) is 0. The largest absolute Gasteiger partial charge is 0.383 e. The van der Waals surface area contributed by atoms with Crippen LogP contribution in [0.5, 0.6) is 0 Å². The van der Waals surface area contributed by atoms with Gasteiger partial charge in [0.2, 0.25) is 0 Å². The first-order valence-electron chi connectivity index (χ1n) is 9.25. The molecule has 1 heterocycles. The molecule has 0 aliphatic carbocycles. The Morgan fingerprint density at radius 3 is 2.71 bits per heavy atom. The number of carbonyl (C=O) groups excluding carboxylic acids is 1. The first kappa shape index (κ1) is 18.6. The molecule has 0 saturated carbocycles. The fraction of sp³-hybridized carbons (Fsp3) is 0.217. The first-order valence-corrected chi connectivity index (χ1v) is 10.1. The lowest BCUT2D eigenvalue weighted by molar-refractivity contribution is 0.0999. The zero-order chi connectivity index (χ0) is 19.7. The molecular weight excluding hydrogens is 368 g/mol. The van der Waals surface area contributed by atoms with Crippen LogP contribution in [0, 0.1) is 13.8 Å². The van der Waals surface area contributed by atoms with Gasteiger partial charge in [-0.1, -0.05) is 53.8 Å². The summed E-state index contributed by atoms with van der Waals surface area (Å²) in [5.74, 6) is -0.219. The Kier molecular flexibility index (Phi) is 5.11. The zero-order valence-corrected chi connectivity index (χ0v) is 17.0. The summed E-state index contributed by atoms with van der Waals surface area (Å²) in [6.45, 7) is 5.40. The maximum atomic E-state index is 13.1. The molecule has 0 fully saturated rings. The van der Waals surface area contributed by atoms with Gasteiger partial charge < -0.3 is 9.30 Å². The fourth-order valence-electron chi connectivity index (χ4n) is 3.63. The second kappa shape index (κ2) is 7.70. The van der Waals surface area contributed by atoms with E-state index in [9.17, 15) is 4.79 Å². The van der Waals surface area contributed by atoms with Crippen molar-refractivity contribution < 1.29 is 9.53 Å². The third-order valence-electron chi connectivity index (χ3n) is 4.85. The van der Waals surface area contributed by atoms with Crippen molar-refractivity contribution in [2.75, 3.05) is 13.7 Å². The number of aromatic nitrogens is 1. The number of nitrogens with zero attached hydrogens (tertiary/aromatic N) is 2. The minimum absolute atomic E-state index is 0.219. The monoisotopic (exact) mass is 390 g/mol. The third-order valence-corrected chi connectivity index (χ3v) is 5.87. The average molecular weight is 391 g/mol. The zero-order valence-electron chi connectivity index (χ0n) is 16.2. The van der Waals surface area contributed by atoms with E-state index in [4.69, 9.17) is 4.74 Å². The van der Waals surface area contributed by atoms with E-state index < -0.39 is 0 Å². The SMILES string of the molecule is COCCn1c(=NC(=O)c2cccc3ccccc23)sc2cc(C)cc(C)c21. The van der Waals surface area contributed by atoms with Crippen molar-refractivity contribution in [2.45, 2.75) is 20.4 Å². The standard InChI is InChI=1S/C23H22N2O2S/c1-15-13-16(2)21-20(14-15)28-23(25(21)11-12-27-3)24-22(26)19-10-6-8-17-7-4-5-9-18(17)19/h4-10,13-14H,11-12H2,1-3H3. The van der Waals surface area contributed by atoms with E-state index in [1.54, 1.807) is 18.4 Å². The highest BCUT2D eigenvalue weighted by molar-refractivity contribution is 7.16. The van der Waals surface area contributed by atoms with Gasteiger partial charge in [0.1, 0.15) is 0 Å². The molecule has 4 rings (SSSR count). The van der Waals surface area contributed by atoms with Crippen molar-refractivity contribution >= 4 is 38.2 Å². The highest BCUT2D eigenvalue weighted by atomic mass is 32.1. The molecule has 3 aromatic carbocycles. The van der Waals surface area contributed by atoms with Gasteiger partial charge in [-0.25, -0.2) is 0 Å². The molecule has 0 radical (unpaired) electrons. The summed E-state index contributed by atoms with van der Waals surface area (Å²) in [6, 6.07) is 18.0. The van der Waals surface area contributed by atoms with Crippen LogP contribution in [0.25, 0.3) is 21.0 Å². The van der Waals surface area contributed by atoms with Crippen LogP contribution in [0.4, 0.5) is 0 Å².